The van der Waals surface area contributed by atoms with Crippen molar-refractivity contribution in [3.05, 3.63) is 35.8 Å². The molecule has 0 fully saturated rings. The van der Waals surface area contributed by atoms with E-state index in [1.807, 2.05) is 4.72 Å². The molecular formula is C11H9FN4O2S. The highest BCUT2D eigenvalue weighted by atomic mass is 32.2. The van der Waals surface area contributed by atoms with E-state index in [1.165, 1.54) is 6.07 Å². The summed E-state index contributed by atoms with van der Waals surface area (Å²) in [6, 6.07) is 6.56. The average Bonchev–Trinajstić information content (AvgIpc) is 2.41. The van der Waals surface area contributed by atoms with Gasteiger partial charge >= 0.3 is 0 Å². The van der Waals surface area contributed by atoms with Crippen LogP contribution in [0.3, 0.4) is 0 Å². The van der Waals surface area contributed by atoms with Crippen LogP contribution in [0.5, 0.6) is 0 Å². The highest BCUT2D eigenvalue weighted by Gasteiger charge is 2.17. The number of hydrogen-bond acceptors (Lipinski definition) is 5. The minimum absolute atomic E-state index is 0.192. The van der Waals surface area contributed by atoms with Gasteiger partial charge in [0, 0.05) is 11.9 Å². The molecular weight excluding hydrogens is 271 g/mol. The Morgan fingerprint density at radius 3 is 2.53 bits per heavy atom. The van der Waals surface area contributed by atoms with Crippen molar-refractivity contribution < 1.29 is 12.8 Å². The molecule has 19 heavy (non-hydrogen) atoms. The van der Waals surface area contributed by atoms with E-state index in [4.69, 9.17) is 10.5 Å². The van der Waals surface area contributed by atoms with Crippen molar-refractivity contribution >= 4 is 15.7 Å². The predicted octanol–water partition coefficient (Wildman–Crippen LogP) is 1.08. The summed E-state index contributed by atoms with van der Waals surface area (Å²) in [6.45, 7) is 0. The van der Waals surface area contributed by atoms with Crippen molar-refractivity contribution in [3.63, 3.8) is 0 Å². The van der Waals surface area contributed by atoms with Crippen LogP contribution in [-0.4, -0.2) is 15.5 Å². The Labute approximate surface area is 109 Å². The van der Waals surface area contributed by atoms with Gasteiger partial charge in [-0.05, 0) is 25.2 Å². The van der Waals surface area contributed by atoms with Crippen LogP contribution in [0.2, 0.25) is 0 Å². The number of halogens is 1. The molecule has 98 valence electrons. The normalized spacial score (nSPS) is 10.1. The molecule has 0 amide bonds. The van der Waals surface area contributed by atoms with Crippen molar-refractivity contribution in [2.75, 3.05) is 12.4 Å². The zero-order valence-electron chi connectivity index (χ0n) is 9.81. The van der Waals surface area contributed by atoms with Crippen molar-refractivity contribution in [1.29, 1.82) is 10.5 Å². The molecule has 0 atom stereocenters. The van der Waals surface area contributed by atoms with Gasteiger partial charge in [0.25, 0.3) is 0 Å². The minimum atomic E-state index is -3.92. The third kappa shape index (κ3) is 3.52. The van der Waals surface area contributed by atoms with E-state index >= 15 is 0 Å². The molecule has 0 aliphatic heterocycles. The van der Waals surface area contributed by atoms with Crippen LogP contribution in [0, 0.1) is 28.5 Å². The molecule has 0 aliphatic rings. The van der Waals surface area contributed by atoms with Gasteiger partial charge in [-0.1, -0.05) is 0 Å². The highest BCUT2D eigenvalue weighted by Crippen LogP contribution is 2.19. The van der Waals surface area contributed by atoms with Crippen molar-refractivity contribution in [2.45, 2.75) is 4.90 Å². The van der Waals surface area contributed by atoms with E-state index in [2.05, 4.69) is 5.32 Å². The number of rotatable bonds is 4. The predicted molar refractivity (Wildman–Crippen MR) is 65.6 cm³/mol. The van der Waals surface area contributed by atoms with Gasteiger partial charge in [-0.15, -0.1) is 0 Å². The number of sulfonamides is 1. The molecule has 1 aromatic rings. The molecule has 6 nitrogen and oxygen atoms in total. The SMILES string of the molecule is CNS(=O)(=O)c1cc(NC=C(C#N)C#N)ccc1F. The van der Waals surface area contributed by atoms with Gasteiger partial charge in [-0.25, -0.2) is 17.5 Å². The molecule has 0 bridgehead atoms. The van der Waals surface area contributed by atoms with Gasteiger partial charge in [0.1, 0.15) is 28.4 Å². The van der Waals surface area contributed by atoms with Gasteiger partial charge in [0.15, 0.2) is 0 Å². The van der Waals surface area contributed by atoms with Gasteiger partial charge < -0.3 is 5.32 Å². The number of benzene rings is 1. The second kappa shape index (κ2) is 5.96. The molecule has 0 heterocycles. The summed E-state index contributed by atoms with van der Waals surface area (Å²) in [5, 5.41) is 19.6. The molecule has 1 rings (SSSR count). The van der Waals surface area contributed by atoms with Crippen molar-refractivity contribution in [3.8, 4) is 12.1 Å². The summed E-state index contributed by atoms with van der Waals surface area (Å²) < 4.78 is 38.5. The third-order valence-corrected chi connectivity index (χ3v) is 3.54. The van der Waals surface area contributed by atoms with Crippen LogP contribution in [-0.2, 0) is 10.0 Å². The van der Waals surface area contributed by atoms with Crippen LogP contribution >= 0.6 is 0 Å². The van der Waals surface area contributed by atoms with E-state index in [1.54, 1.807) is 12.1 Å². The lowest BCUT2D eigenvalue weighted by molar-refractivity contribution is 0.562. The number of hydrogen-bond donors (Lipinski definition) is 2. The fraction of sp³-hybridized carbons (Fsp3) is 0.0909. The summed E-state index contributed by atoms with van der Waals surface area (Å²) in [5.74, 6) is -0.898. The number of anilines is 1. The van der Waals surface area contributed by atoms with E-state index < -0.39 is 20.7 Å². The molecule has 0 radical (unpaired) electrons. The Morgan fingerprint density at radius 1 is 1.37 bits per heavy atom. The van der Waals surface area contributed by atoms with Gasteiger partial charge in [0.05, 0.1) is 0 Å². The first-order valence-electron chi connectivity index (χ1n) is 4.94. The Bertz CT molecular complexity index is 682. The lowest BCUT2D eigenvalue weighted by Gasteiger charge is -2.07. The summed E-state index contributed by atoms with van der Waals surface area (Å²) in [7, 11) is -2.75. The molecule has 0 unspecified atom stereocenters. The van der Waals surface area contributed by atoms with Gasteiger partial charge in [-0.2, -0.15) is 10.5 Å². The zero-order valence-corrected chi connectivity index (χ0v) is 10.6. The topological polar surface area (TPSA) is 106 Å². The molecule has 0 aliphatic carbocycles. The Morgan fingerprint density at radius 2 is 2.00 bits per heavy atom. The zero-order chi connectivity index (χ0) is 14.5. The van der Waals surface area contributed by atoms with E-state index in [9.17, 15) is 12.8 Å². The first kappa shape index (κ1) is 14.6. The van der Waals surface area contributed by atoms with Crippen LogP contribution in [0.4, 0.5) is 10.1 Å². The van der Waals surface area contributed by atoms with Crippen LogP contribution in [0.1, 0.15) is 0 Å². The van der Waals surface area contributed by atoms with E-state index in [0.29, 0.717) is 0 Å². The fourth-order valence-corrected chi connectivity index (χ4v) is 1.98. The summed E-state index contributed by atoms with van der Waals surface area (Å²) in [4.78, 5) is -0.524. The standard InChI is InChI=1S/C11H9FN4O2S/c1-15-19(17,18)11-4-9(2-3-10(11)12)16-7-8(5-13)6-14/h2-4,7,15-16H,1H3. The highest BCUT2D eigenvalue weighted by molar-refractivity contribution is 7.89. The maximum absolute atomic E-state index is 13.4. The molecule has 0 saturated carbocycles. The number of nitrogens with zero attached hydrogens (tertiary/aromatic N) is 2. The minimum Gasteiger partial charge on any atom is -0.360 e. The molecule has 0 saturated heterocycles. The summed E-state index contributed by atoms with van der Waals surface area (Å²) in [6.07, 6.45) is 1.10. The molecule has 2 N–H and O–H groups in total. The number of nitrogens with one attached hydrogen (secondary N) is 2. The smallest absolute Gasteiger partial charge is 0.243 e. The fourth-order valence-electron chi connectivity index (χ4n) is 1.15. The third-order valence-electron chi connectivity index (χ3n) is 2.11. The second-order valence-corrected chi connectivity index (χ2v) is 5.13. The summed E-state index contributed by atoms with van der Waals surface area (Å²) >= 11 is 0. The van der Waals surface area contributed by atoms with Crippen molar-refractivity contribution in [2.24, 2.45) is 0 Å². The first-order valence-corrected chi connectivity index (χ1v) is 6.43. The first-order chi connectivity index (χ1) is 8.94. The lowest BCUT2D eigenvalue weighted by atomic mass is 10.3. The number of nitriles is 2. The van der Waals surface area contributed by atoms with E-state index in [-0.39, 0.29) is 11.3 Å². The quantitative estimate of drug-likeness (QED) is 0.803. The molecule has 0 spiro atoms. The Kier molecular flexibility index (Phi) is 4.59. The van der Waals surface area contributed by atoms with Gasteiger partial charge in [-0.3, -0.25) is 0 Å². The van der Waals surface area contributed by atoms with E-state index in [0.717, 1.165) is 25.4 Å². The van der Waals surface area contributed by atoms with Crippen LogP contribution in [0.15, 0.2) is 34.9 Å². The average molecular weight is 280 g/mol. The van der Waals surface area contributed by atoms with Crippen molar-refractivity contribution in [1.82, 2.24) is 4.72 Å². The largest absolute Gasteiger partial charge is 0.360 e. The molecule has 0 aromatic heterocycles. The maximum atomic E-state index is 13.4. The van der Waals surface area contributed by atoms with Crippen LogP contribution in [0.25, 0.3) is 0 Å². The monoisotopic (exact) mass is 280 g/mol. The van der Waals surface area contributed by atoms with Gasteiger partial charge in [0.2, 0.25) is 10.0 Å². The summed E-state index contributed by atoms with van der Waals surface area (Å²) in [5.41, 5.74) is 0.0422. The Balaban J connectivity index is 3.16. The van der Waals surface area contributed by atoms with Crippen LogP contribution < -0.4 is 10.0 Å². The maximum Gasteiger partial charge on any atom is 0.243 e. The molecule has 8 heteroatoms. The number of allylic oxidation sites excluding steroid dienone is 1. The second-order valence-electron chi connectivity index (χ2n) is 3.28. The Hall–Kier alpha value is -2.42. The lowest BCUT2D eigenvalue weighted by Crippen LogP contribution is -2.20. The molecule has 1 aromatic carbocycles.